The van der Waals surface area contributed by atoms with Gasteiger partial charge in [-0.2, -0.15) is 0 Å². The molecule has 0 unspecified atom stereocenters. The Balaban J connectivity index is 2.76. The molecule has 2 aromatic carbocycles. The van der Waals surface area contributed by atoms with Crippen molar-refractivity contribution in [2.45, 2.75) is 6.42 Å². The number of carbonyl (C=O) groups is 1. The van der Waals surface area contributed by atoms with Crippen LogP contribution in [0.1, 0.15) is 12.0 Å². The number of fused-ring (bicyclic) bond motifs is 1. The molecule has 0 aliphatic rings. The van der Waals surface area contributed by atoms with Gasteiger partial charge >= 0.3 is 5.97 Å². The number of halogens is 1. The van der Waals surface area contributed by atoms with Crippen molar-refractivity contribution in [3.8, 4) is 11.5 Å². The lowest BCUT2D eigenvalue weighted by molar-refractivity contribution is -0.136. The molecule has 0 aromatic heterocycles. The van der Waals surface area contributed by atoms with Gasteiger partial charge in [0.2, 0.25) is 0 Å². The molecule has 0 spiro atoms. The first kappa shape index (κ1) is 19.1. The van der Waals surface area contributed by atoms with Crippen molar-refractivity contribution in [2.24, 2.45) is 0 Å². The van der Waals surface area contributed by atoms with E-state index in [9.17, 15) is 4.79 Å². The summed E-state index contributed by atoms with van der Waals surface area (Å²) >= 11 is 6.56. The summed E-state index contributed by atoms with van der Waals surface area (Å²) in [6.45, 7) is 0.381. The quantitative estimate of drug-likeness (QED) is 0.546. The van der Waals surface area contributed by atoms with E-state index in [1.807, 2.05) is 24.3 Å². The number of methoxy groups -OCH3 is 4. The van der Waals surface area contributed by atoms with Gasteiger partial charge < -0.3 is 18.9 Å². The van der Waals surface area contributed by atoms with Crippen molar-refractivity contribution < 1.29 is 23.7 Å². The van der Waals surface area contributed by atoms with Crippen LogP contribution >= 0.6 is 11.6 Å². The molecule has 0 radical (unpaired) electrons. The summed E-state index contributed by atoms with van der Waals surface area (Å²) in [5.74, 6) is 0.655. The van der Waals surface area contributed by atoms with E-state index in [4.69, 9.17) is 30.5 Å². The first-order valence-corrected chi connectivity index (χ1v) is 8.06. The second kappa shape index (κ2) is 8.74. The molecule has 6 heteroatoms. The fraction of sp³-hybridized carbons (Fsp3) is 0.316. The Hall–Kier alpha value is -2.24. The van der Waals surface area contributed by atoms with Gasteiger partial charge in [-0.3, -0.25) is 0 Å². The van der Waals surface area contributed by atoms with Crippen LogP contribution in [0.2, 0.25) is 5.02 Å². The summed E-state index contributed by atoms with van der Waals surface area (Å²) in [6.07, 6.45) is 2.05. The number of hydrogen-bond acceptors (Lipinski definition) is 5. The molecule has 0 fully saturated rings. The largest absolute Gasteiger partial charge is 0.495 e. The Kier molecular flexibility index (Phi) is 6.67. The summed E-state index contributed by atoms with van der Waals surface area (Å²) in [5, 5.41) is 2.05. The normalized spacial score (nSPS) is 11.5. The Labute approximate surface area is 152 Å². The first-order valence-electron chi connectivity index (χ1n) is 7.69. The third-order valence-electron chi connectivity index (χ3n) is 3.85. The van der Waals surface area contributed by atoms with Crippen molar-refractivity contribution in [3.63, 3.8) is 0 Å². The highest BCUT2D eigenvalue weighted by Crippen LogP contribution is 2.44. The second-order valence-corrected chi connectivity index (χ2v) is 5.62. The third-order valence-corrected chi connectivity index (χ3v) is 4.22. The van der Waals surface area contributed by atoms with E-state index in [0.29, 0.717) is 40.7 Å². The van der Waals surface area contributed by atoms with Crippen LogP contribution in [0.15, 0.2) is 29.8 Å². The minimum absolute atomic E-state index is 0.372. The Morgan fingerprint density at radius 2 is 1.64 bits per heavy atom. The topological polar surface area (TPSA) is 54.0 Å². The number of ether oxygens (including phenoxy) is 4. The molecule has 2 rings (SSSR count). The van der Waals surface area contributed by atoms with Gasteiger partial charge in [0.15, 0.2) is 0 Å². The van der Waals surface area contributed by atoms with Crippen molar-refractivity contribution in [1.82, 2.24) is 0 Å². The minimum Gasteiger partial charge on any atom is -0.495 e. The number of esters is 1. The maximum atomic E-state index is 12.1. The number of hydrogen-bond donors (Lipinski definition) is 0. The third kappa shape index (κ3) is 3.89. The smallest absolute Gasteiger partial charge is 0.333 e. The molecule has 5 nitrogen and oxygen atoms in total. The standard InChI is InChI=1S/C19H21ClO5/c1-22-10-9-12(19(21)25-4)11-15-16(20)18(24-3)14-8-6-5-7-13(14)17(15)23-2/h5-8,11H,9-10H2,1-4H3/b12-11+. The van der Waals surface area contributed by atoms with E-state index < -0.39 is 5.97 Å². The van der Waals surface area contributed by atoms with Crippen LogP contribution in [0.5, 0.6) is 11.5 Å². The first-order chi connectivity index (χ1) is 12.1. The second-order valence-electron chi connectivity index (χ2n) is 5.24. The lowest BCUT2D eigenvalue weighted by Gasteiger charge is -2.16. The number of carbonyl (C=O) groups excluding carboxylic acids is 1. The van der Waals surface area contributed by atoms with Crippen molar-refractivity contribution in [2.75, 3.05) is 35.0 Å². The van der Waals surface area contributed by atoms with Crippen LogP contribution < -0.4 is 9.47 Å². The minimum atomic E-state index is -0.442. The van der Waals surface area contributed by atoms with Gasteiger partial charge in [0.1, 0.15) is 11.5 Å². The maximum absolute atomic E-state index is 12.1. The van der Waals surface area contributed by atoms with Gasteiger partial charge in [-0.1, -0.05) is 35.9 Å². The number of benzene rings is 2. The van der Waals surface area contributed by atoms with E-state index in [1.165, 1.54) is 7.11 Å². The zero-order valence-electron chi connectivity index (χ0n) is 14.7. The molecule has 0 aliphatic carbocycles. The highest BCUT2D eigenvalue weighted by molar-refractivity contribution is 6.35. The molecule has 0 N–H and O–H groups in total. The predicted octanol–water partition coefficient (Wildman–Crippen LogP) is 4.10. The van der Waals surface area contributed by atoms with Crippen molar-refractivity contribution in [1.29, 1.82) is 0 Å². The van der Waals surface area contributed by atoms with Crippen LogP contribution in [-0.2, 0) is 14.3 Å². The molecule has 2 aromatic rings. The van der Waals surface area contributed by atoms with Gasteiger partial charge in [0.25, 0.3) is 0 Å². The SMILES string of the molecule is COCC/C(=C\c1c(Cl)c(OC)c2ccccc2c1OC)C(=O)OC. The molecule has 0 bridgehead atoms. The summed E-state index contributed by atoms with van der Waals surface area (Å²) in [4.78, 5) is 12.1. The molecular weight excluding hydrogens is 344 g/mol. The van der Waals surface area contributed by atoms with Crippen LogP contribution in [0, 0.1) is 0 Å². The van der Waals surface area contributed by atoms with Crippen LogP contribution in [0.3, 0.4) is 0 Å². The Morgan fingerprint density at radius 1 is 1.04 bits per heavy atom. The van der Waals surface area contributed by atoms with Crippen molar-refractivity contribution >= 4 is 34.4 Å². The van der Waals surface area contributed by atoms with E-state index in [0.717, 1.165) is 10.8 Å². The Morgan fingerprint density at radius 3 is 2.16 bits per heavy atom. The van der Waals surface area contributed by atoms with E-state index in [-0.39, 0.29) is 0 Å². The lowest BCUT2D eigenvalue weighted by Crippen LogP contribution is -2.07. The van der Waals surface area contributed by atoms with Crippen LogP contribution in [0.4, 0.5) is 0 Å². The van der Waals surface area contributed by atoms with Crippen molar-refractivity contribution in [3.05, 3.63) is 40.4 Å². The fourth-order valence-electron chi connectivity index (χ4n) is 2.66. The lowest BCUT2D eigenvalue weighted by atomic mass is 10.0. The summed E-state index contributed by atoms with van der Waals surface area (Å²) in [5.41, 5.74) is 0.998. The van der Waals surface area contributed by atoms with Gasteiger partial charge in [0, 0.05) is 35.4 Å². The maximum Gasteiger partial charge on any atom is 0.333 e. The number of rotatable bonds is 7. The van der Waals surface area contributed by atoms with Gasteiger partial charge in [0.05, 0.1) is 33.0 Å². The summed E-state index contributed by atoms with van der Waals surface area (Å²) in [7, 11) is 6.03. The zero-order chi connectivity index (χ0) is 18.4. The van der Waals surface area contributed by atoms with Gasteiger partial charge in [-0.15, -0.1) is 0 Å². The molecule has 0 amide bonds. The van der Waals surface area contributed by atoms with E-state index in [2.05, 4.69) is 0 Å². The highest BCUT2D eigenvalue weighted by Gasteiger charge is 2.20. The average Bonchev–Trinajstić information content (AvgIpc) is 2.64. The molecule has 134 valence electrons. The monoisotopic (exact) mass is 364 g/mol. The predicted molar refractivity (Wildman–Crippen MR) is 98.5 cm³/mol. The van der Waals surface area contributed by atoms with Crippen LogP contribution in [-0.4, -0.2) is 41.0 Å². The Bertz CT molecular complexity index is 798. The molecule has 0 saturated heterocycles. The molecule has 0 aliphatic heterocycles. The molecular formula is C19H21ClO5. The molecule has 0 atom stereocenters. The molecule has 25 heavy (non-hydrogen) atoms. The van der Waals surface area contributed by atoms with Gasteiger partial charge in [-0.05, 0) is 6.08 Å². The summed E-state index contributed by atoms with van der Waals surface area (Å²) < 4.78 is 21.0. The molecule has 0 saturated carbocycles. The molecule has 0 heterocycles. The van der Waals surface area contributed by atoms with E-state index in [1.54, 1.807) is 27.4 Å². The summed E-state index contributed by atoms with van der Waals surface area (Å²) in [6, 6.07) is 7.62. The van der Waals surface area contributed by atoms with Crippen LogP contribution in [0.25, 0.3) is 16.8 Å². The zero-order valence-corrected chi connectivity index (χ0v) is 15.5. The van der Waals surface area contributed by atoms with Gasteiger partial charge in [-0.25, -0.2) is 4.79 Å². The average molecular weight is 365 g/mol. The fourth-order valence-corrected chi connectivity index (χ4v) is 2.98. The highest BCUT2D eigenvalue weighted by atomic mass is 35.5. The van der Waals surface area contributed by atoms with E-state index >= 15 is 0 Å².